The number of rotatable bonds is 7. The van der Waals surface area contributed by atoms with Crippen molar-refractivity contribution < 1.29 is 23.7 Å². The molecule has 0 bridgehead atoms. The van der Waals surface area contributed by atoms with Crippen LogP contribution in [0.4, 0.5) is 11.4 Å². The zero-order chi connectivity index (χ0) is 23.5. The van der Waals surface area contributed by atoms with Gasteiger partial charge >= 0.3 is 0 Å². The van der Waals surface area contributed by atoms with Crippen molar-refractivity contribution in [3.8, 4) is 5.75 Å². The molecule has 0 aliphatic carbocycles. The number of nitro benzene ring substituents is 1. The van der Waals surface area contributed by atoms with Gasteiger partial charge < -0.3 is 14.5 Å². The molecule has 4 rings (SSSR count). The van der Waals surface area contributed by atoms with Gasteiger partial charge in [0.05, 0.1) is 22.2 Å². The monoisotopic (exact) mass is 464 g/mol. The third-order valence-corrected chi connectivity index (χ3v) is 5.15. The maximum Gasteiger partial charge on any atom is 0.270 e. The zero-order valence-electron chi connectivity index (χ0n) is 17.3. The Morgan fingerprint density at radius 2 is 1.85 bits per heavy atom. The van der Waals surface area contributed by atoms with Crippen LogP contribution in [-0.2, 0) is 0 Å². The number of halogens is 1. The lowest BCUT2D eigenvalue weighted by atomic mass is 10.1. The summed E-state index contributed by atoms with van der Waals surface area (Å²) in [5, 5.41) is 14.5. The third kappa shape index (κ3) is 4.42. The molecule has 0 atom stereocenters. The predicted molar refractivity (Wildman–Crippen MR) is 123 cm³/mol. The van der Waals surface area contributed by atoms with Crippen molar-refractivity contribution in [1.82, 2.24) is 0 Å². The number of anilines is 1. The molecule has 1 N–H and O–H groups in total. The molecular weight excluding hydrogens is 448 g/mol. The van der Waals surface area contributed by atoms with Crippen LogP contribution in [-0.4, -0.2) is 23.2 Å². The van der Waals surface area contributed by atoms with Crippen LogP contribution in [0.1, 0.15) is 33.4 Å². The summed E-state index contributed by atoms with van der Waals surface area (Å²) in [6.45, 7) is 2.24. The van der Waals surface area contributed by atoms with Gasteiger partial charge in [-0.2, -0.15) is 0 Å². The number of benzene rings is 3. The molecule has 0 spiro atoms. The maximum absolute atomic E-state index is 13.3. The number of furan rings is 1. The van der Waals surface area contributed by atoms with E-state index in [1.165, 1.54) is 24.3 Å². The van der Waals surface area contributed by atoms with Gasteiger partial charge in [-0.3, -0.25) is 19.7 Å². The first-order valence-corrected chi connectivity index (χ1v) is 10.3. The van der Waals surface area contributed by atoms with Gasteiger partial charge in [0.25, 0.3) is 11.6 Å². The molecule has 1 amide bonds. The number of ether oxygens (including phenoxy) is 1. The van der Waals surface area contributed by atoms with Gasteiger partial charge in [-0.15, -0.1) is 0 Å². The second-order valence-electron chi connectivity index (χ2n) is 6.97. The van der Waals surface area contributed by atoms with E-state index < -0.39 is 16.6 Å². The van der Waals surface area contributed by atoms with E-state index in [-0.39, 0.29) is 33.3 Å². The molecule has 0 saturated carbocycles. The van der Waals surface area contributed by atoms with Crippen LogP contribution in [0, 0.1) is 10.1 Å². The van der Waals surface area contributed by atoms with Crippen molar-refractivity contribution in [3.63, 3.8) is 0 Å². The normalized spacial score (nSPS) is 10.7. The van der Waals surface area contributed by atoms with Gasteiger partial charge in [-0.25, -0.2) is 0 Å². The molecule has 3 aromatic carbocycles. The van der Waals surface area contributed by atoms with Crippen molar-refractivity contribution in [3.05, 3.63) is 98.8 Å². The molecule has 166 valence electrons. The number of hydrogen-bond acceptors (Lipinski definition) is 6. The lowest BCUT2D eigenvalue weighted by Crippen LogP contribution is -2.14. The van der Waals surface area contributed by atoms with Gasteiger partial charge in [-0.1, -0.05) is 29.8 Å². The summed E-state index contributed by atoms with van der Waals surface area (Å²) >= 11 is 6.23. The van der Waals surface area contributed by atoms with Gasteiger partial charge in [0.2, 0.25) is 5.78 Å². The Morgan fingerprint density at radius 1 is 1.06 bits per heavy atom. The molecule has 0 aliphatic heterocycles. The van der Waals surface area contributed by atoms with E-state index >= 15 is 0 Å². The fourth-order valence-electron chi connectivity index (χ4n) is 3.32. The number of fused-ring (bicyclic) bond motifs is 1. The number of nitrogens with one attached hydrogen (secondary N) is 1. The summed E-state index contributed by atoms with van der Waals surface area (Å²) in [6, 6.07) is 16.7. The number of amides is 1. The zero-order valence-corrected chi connectivity index (χ0v) is 18.1. The number of carbonyl (C=O) groups is 2. The van der Waals surface area contributed by atoms with E-state index in [4.69, 9.17) is 20.8 Å². The molecule has 0 saturated heterocycles. The molecule has 1 aromatic heterocycles. The van der Waals surface area contributed by atoms with Crippen LogP contribution in [0.5, 0.6) is 5.75 Å². The first kappa shape index (κ1) is 22.0. The fourth-order valence-corrected chi connectivity index (χ4v) is 3.56. The Morgan fingerprint density at radius 3 is 2.58 bits per heavy atom. The highest BCUT2D eigenvalue weighted by Gasteiger charge is 2.25. The van der Waals surface area contributed by atoms with Gasteiger partial charge in [0.1, 0.15) is 11.3 Å². The van der Waals surface area contributed by atoms with Gasteiger partial charge in [0, 0.05) is 28.6 Å². The van der Waals surface area contributed by atoms with Crippen molar-refractivity contribution in [2.45, 2.75) is 6.92 Å². The second-order valence-corrected chi connectivity index (χ2v) is 7.38. The average molecular weight is 465 g/mol. The number of nitrogens with zero attached hydrogens (tertiary/aromatic N) is 1. The van der Waals surface area contributed by atoms with E-state index in [9.17, 15) is 19.7 Å². The summed E-state index contributed by atoms with van der Waals surface area (Å²) in [7, 11) is 0. The number of carbonyl (C=O) groups excluding carboxylic acids is 2. The van der Waals surface area contributed by atoms with Crippen molar-refractivity contribution in [1.29, 1.82) is 0 Å². The third-order valence-electron chi connectivity index (χ3n) is 4.85. The first-order chi connectivity index (χ1) is 15.9. The van der Waals surface area contributed by atoms with E-state index in [0.717, 1.165) is 6.07 Å². The molecule has 0 aliphatic rings. The SMILES string of the molecule is CCOc1ccc(C(=O)c2oc3ccccc3c2NC(=O)c2cccc([N+](=O)[O-])c2)cc1Cl. The van der Waals surface area contributed by atoms with Crippen LogP contribution >= 0.6 is 11.6 Å². The largest absolute Gasteiger partial charge is 0.492 e. The quantitative estimate of drug-likeness (QED) is 0.208. The number of para-hydroxylation sites is 1. The molecule has 0 radical (unpaired) electrons. The Balaban J connectivity index is 1.74. The summed E-state index contributed by atoms with van der Waals surface area (Å²) in [4.78, 5) is 36.6. The smallest absolute Gasteiger partial charge is 0.270 e. The minimum atomic E-state index is -0.621. The topological polar surface area (TPSA) is 112 Å². The van der Waals surface area contributed by atoms with Crippen LogP contribution in [0.2, 0.25) is 5.02 Å². The van der Waals surface area contributed by atoms with Crippen LogP contribution in [0.3, 0.4) is 0 Å². The van der Waals surface area contributed by atoms with Crippen LogP contribution < -0.4 is 10.1 Å². The number of nitro groups is 1. The minimum absolute atomic E-state index is 0.0667. The van der Waals surface area contributed by atoms with E-state index in [1.54, 1.807) is 36.4 Å². The summed E-state index contributed by atoms with van der Waals surface area (Å²) < 4.78 is 11.2. The molecule has 1 heterocycles. The van der Waals surface area contributed by atoms with Crippen molar-refractivity contribution >= 4 is 45.6 Å². The van der Waals surface area contributed by atoms with Gasteiger partial charge in [0.15, 0.2) is 5.76 Å². The molecule has 4 aromatic rings. The van der Waals surface area contributed by atoms with E-state index in [2.05, 4.69) is 5.32 Å². The second kappa shape index (κ2) is 9.13. The Labute approximate surface area is 192 Å². The molecule has 8 nitrogen and oxygen atoms in total. The Hall–Kier alpha value is -4.17. The molecule has 33 heavy (non-hydrogen) atoms. The molecule has 0 fully saturated rings. The highest BCUT2D eigenvalue weighted by molar-refractivity contribution is 6.32. The van der Waals surface area contributed by atoms with E-state index in [0.29, 0.717) is 23.3 Å². The van der Waals surface area contributed by atoms with Gasteiger partial charge in [-0.05, 0) is 43.3 Å². The molecule has 9 heteroatoms. The lowest BCUT2D eigenvalue weighted by Gasteiger charge is -2.08. The first-order valence-electron chi connectivity index (χ1n) is 9.93. The Kier molecular flexibility index (Phi) is 6.10. The summed E-state index contributed by atoms with van der Waals surface area (Å²) in [6.07, 6.45) is 0. The fraction of sp³-hybridized carbons (Fsp3) is 0.0833. The van der Waals surface area contributed by atoms with Crippen molar-refractivity contribution in [2.24, 2.45) is 0 Å². The van der Waals surface area contributed by atoms with Crippen LogP contribution in [0.25, 0.3) is 11.0 Å². The minimum Gasteiger partial charge on any atom is -0.492 e. The lowest BCUT2D eigenvalue weighted by molar-refractivity contribution is -0.384. The average Bonchev–Trinajstić information content (AvgIpc) is 3.18. The van der Waals surface area contributed by atoms with Crippen LogP contribution in [0.15, 0.2) is 71.1 Å². The van der Waals surface area contributed by atoms with Crippen molar-refractivity contribution in [2.75, 3.05) is 11.9 Å². The number of non-ortho nitro benzene ring substituents is 1. The predicted octanol–water partition coefficient (Wildman–Crippen LogP) is 5.88. The summed E-state index contributed by atoms with van der Waals surface area (Å²) in [5.74, 6) is -0.760. The molecular formula is C24H17ClN2O6. The standard InChI is InChI=1S/C24H17ClN2O6/c1-2-32-20-11-10-14(13-18(20)25)22(28)23-21(17-8-3-4-9-19(17)33-23)26-24(29)15-6-5-7-16(12-15)27(30)31/h3-13H,2H2,1H3,(H,26,29). The number of hydrogen-bond donors (Lipinski definition) is 1. The highest BCUT2D eigenvalue weighted by atomic mass is 35.5. The number of ketones is 1. The molecule has 0 unspecified atom stereocenters. The summed E-state index contributed by atoms with van der Waals surface area (Å²) in [5.41, 5.74) is 0.648. The highest BCUT2D eigenvalue weighted by Crippen LogP contribution is 2.34. The van der Waals surface area contributed by atoms with E-state index in [1.807, 2.05) is 6.92 Å². The Bertz CT molecular complexity index is 1390. The maximum atomic E-state index is 13.3.